The van der Waals surface area contributed by atoms with Gasteiger partial charge in [0.05, 0.1) is 6.04 Å². The summed E-state index contributed by atoms with van der Waals surface area (Å²) in [6, 6.07) is -0.421. The smallest absolute Gasteiger partial charge is 0.237 e. The molecule has 82 valence electrons. The maximum atomic E-state index is 11.4. The summed E-state index contributed by atoms with van der Waals surface area (Å²) >= 11 is 0. The second-order valence-corrected chi connectivity index (χ2v) is 3.93. The minimum atomic E-state index is -0.421. The van der Waals surface area contributed by atoms with Gasteiger partial charge in [0.25, 0.3) is 0 Å². The fraction of sp³-hybridized carbons (Fsp3) is 0.900. The number of carbonyl (C=O) groups is 1. The molecule has 4 heteroatoms. The fourth-order valence-electron chi connectivity index (χ4n) is 1.45. The van der Waals surface area contributed by atoms with Crippen LogP contribution in [-0.2, 0) is 9.53 Å². The van der Waals surface area contributed by atoms with Crippen molar-refractivity contribution in [3.05, 3.63) is 0 Å². The molecule has 1 rings (SSSR count). The summed E-state index contributed by atoms with van der Waals surface area (Å²) in [6.07, 6.45) is 4.38. The molecule has 0 spiro atoms. The molecule has 1 aliphatic rings. The maximum absolute atomic E-state index is 11.4. The van der Waals surface area contributed by atoms with Gasteiger partial charge in [-0.05, 0) is 25.2 Å². The highest BCUT2D eigenvalue weighted by Crippen LogP contribution is 2.25. The van der Waals surface area contributed by atoms with Crippen LogP contribution in [0, 0.1) is 5.92 Å². The van der Waals surface area contributed by atoms with Crippen molar-refractivity contribution in [2.75, 3.05) is 20.3 Å². The summed E-state index contributed by atoms with van der Waals surface area (Å²) in [6.45, 7) is 1.33. The molecule has 0 aliphatic heterocycles. The minimum absolute atomic E-state index is 0.0473. The number of rotatable bonds is 6. The van der Waals surface area contributed by atoms with E-state index in [4.69, 9.17) is 10.5 Å². The first-order valence-corrected chi connectivity index (χ1v) is 5.26. The Labute approximate surface area is 85.2 Å². The van der Waals surface area contributed by atoms with Gasteiger partial charge >= 0.3 is 0 Å². The average molecular weight is 200 g/mol. The number of nitrogens with two attached hydrogens (primary N) is 1. The second kappa shape index (κ2) is 5.98. The highest BCUT2D eigenvalue weighted by molar-refractivity contribution is 5.81. The zero-order chi connectivity index (χ0) is 10.4. The van der Waals surface area contributed by atoms with Crippen LogP contribution in [0.3, 0.4) is 0 Å². The number of hydrogen-bond acceptors (Lipinski definition) is 3. The molecule has 3 N–H and O–H groups in total. The van der Waals surface area contributed by atoms with E-state index in [1.54, 1.807) is 7.11 Å². The van der Waals surface area contributed by atoms with Gasteiger partial charge in [-0.2, -0.15) is 0 Å². The van der Waals surface area contributed by atoms with Gasteiger partial charge in [-0.15, -0.1) is 0 Å². The zero-order valence-corrected chi connectivity index (χ0v) is 8.79. The molecule has 0 aromatic rings. The lowest BCUT2D eigenvalue weighted by Crippen LogP contribution is -2.43. The molecule has 4 nitrogen and oxygen atoms in total. The Morgan fingerprint density at radius 2 is 2.36 bits per heavy atom. The van der Waals surface area contributed by atoms with E-state index in [2.05, 4.69) is 5.32 Å². The van der Waals surface area contributed by atoms with Crippen LogP contribution in [0.4, 0.5) is 0 Å². The first-order chi connectivity index (χ1) is 6.74. The summed E-state index contributed by atoms with van der Waals surface area (Å²) in [5, 5.41) is 2.87. The van der Waals surface area contributed by atoms with Gasteiger partial charge in [0.1, 0.15) is 0 Å². The van der Waals surface area contributed by atoms with E-state index in [9.17, 15) is 4.79 Å². The Morgan fingerprint density at radius 3 is 2.86 bits per heavy atom. The van der Waals surface area contributed by atoms with Gasteiger partial charge in [-0.25, -0.2) is 0 Å². The van der Waals surface area contributed by atoms with Crippen LogP contribution >= 0.6 is 0 Å². The van der Waals surface area contributed by atoms with E-state index < -0.39 is 6.04 Å². The number of ether oxygens (including phenoxy) is 1. The van der Waals surface area contributed by atoms with Crippen LogP contribution in [0.1, 0.15) is 25.7 Å². The van der Waals surface area contributed by atoms with Crippen molar-refractivity contribution in [1.29, 1.82) is 0 Å². The first-order valence-electron chi connectivity index (χ1n) is 5.26. The number of carbonyl (C=O) groups excluding carboxylic acids is 1. The molecule has 1 saturated carbocycles. The summed E-state index contributed by atoms with van der Waals surface area (Å²) in [5.74, 6) is 0.641. The summed E-state index contributed by atoms with van der Waals surface area (Å²) in [7, 11) is 1.61. The highest BCUT2D eigenvalue weighted by Gasteiger charge is 2.19. The second-order valence-electron chi connectivity index (χ2n) is 3.93. The number of hydrogen-bond donors (Lipinski definition) is 2. The molecule has 0 heterocycles. The third-order valence-corrected chi connectivity index (χ3v) is 2.76. The lowest BCUT2D eigenvalue weighted by molar-refractivity contribution is -0.123. The lowest BCUT2D eigenvalue weighted by Gasteiger charge is -2.26. The SMILES string of the molecule is COCCC(N)C(=O)NCC1CCC1. The molecule has 1 aliphatic carbocycles. The molecule has 0 radical (unpaired) electrons. The van der Waals surface area contributed by atoms with E-state index in [0.717, 1.165) is 6.54 Å². The molecule has 1 amide bonds. The maximum Gasteiger partial charge on any atom is 0.237 e. The van der Waals surface area contributed by atoms with Crippen LogP contribution in [0.5, 0.6) is 0 Å². The van der Waals surface area contributed by atoms with E-state index in [1.165, 1.54) is 19.3 Å². The van der Waals surface area contributed by atoms with E-state index in [0.29, 0.717) is 18.9 Å². The lowest BCUT2D eigenvalue weighted by atomic mass is 9.85. The monoisotopic (exact) mass is 200 g/mol. The van der Waals surface area contributed by atoms with E-state index >= 15 is 0 Å². The van der Waals surface area contributed by atoms with E-state index in [1.807, 2.05) is 0 Å². The highest BCUT2D eigenvalue weighted by atomic mass is 16.5. The largest absolute Gasteiger partial charge is 0.385 e. The Hall–Kier alpha value is -0.610. The Balaban J connectivity index is 2.06. The van der Waals surface area contributed by atoms with Gasteiger partial charge in [0.2, 0.25) is 5.91 Å². The average Bonchev–Trinajstić information content (AvgIpc) is 2.11. The van der Waals surface area contributed by atoms with Gasteiger partial charge < -0.3 is 15.8 Å². The molecular weight excluding hydrogens is 180 g/mol. The van der Waals surface area contributed by atoms with Gasteiger partial charge in [-0.3, -0.25) is 4.79 Å². The molecule has 1 unspecified atom stereocenters. The van der Waals surface area contributed by atoms with Crippen LogP contribution in [-0.4, -0.2) is 32.2 Å². The molecular formula is C10H20N2O2. The third-order valence-electron chi connectivity index (χ3n) is 2.76. The molecule has 0 aromatic heterocycles. The molecule has 1 atom stereocenters. The predicted octanol–water partition coefficient (Wildman–Crippen LogP) is 0.267. The fourth-order valence-corrected chi connectivity index (χ4v) is 1.45. The minimum Gasteiger partial charge on any atom is -0.385 e. The van der Waals surface area contributed by atoms with Crippen LogP contribution < -0.4 is 11.1 Å². The Bertz CT molecular complexity index is 181. The van der Waals surface area contributed by atoms with Crippen LogP contribution in [0.2, 0.25) is 0 Å². The summed E-state index contributed by atoms with van der Waals surface area (Å²) < 4.78 is 4.86. The molecule has 14 heavy (non-hydrogen) atoms. The molecule has 0 saturated heterocycles. The molecule has 0 bridgehead atoms. The topological polar surface area (TPSA) is 64.3 Å². The van der Waals surface area contributed by atoms with Crippen LogP contribution in [0.25, 0.3) is 0 Å². The number of nitrogens with one attached hydrogen (secondary N) is 1. The van der Waals surface area contributed by atoms with Crippen molar-refractivity contribution in [3.8, 4) is 0 Å². The number of methoxy groups -OCH3 is 1. The molecule has 1 fully saturated rings. The van der Waals surface area contributed by atoms with Crippen LogP contribution in [0.15, 0.2) is 0 Å². The van der Waals surface area contributed by atoms with E-state index in [-0.39, 0.29) is 5.91 Å². The van der Waals surface area contributed by atoms with Gasteiger partial charge in [0, 0.05) is 20.3 Å². The van der Waals surface area contributed by atoms with Crippen molar-refractivity contribution < 1.29 is 9.53 Å². The zero-order valence-electron chi connectivity index (χ0n) is 8.79. The Morgan fingerprint density at radius 1 is 1.64 bits per heavy atom. The van der Waals surface area contributed by atoms with Crippen molar-refractivity contribution >= 4 is 5.91 Å². The van der Waals surface area contributed by atoms with Crippen molar-refractivity contribution in [3.63, 3.8) is 0 Å². The summed E-state index contributed by atoms with van der Waals surface area (Å²) in [5.41, 5.74) is 5.66. The van der Waals surface area contributed by atoms with Crippen molar-refractivity contribution in [1.82, 2.24) is 5.32 Å². The standard InChI is InChI=1S/C10H20N2O2/c1-14-6-5-9(11)10(13)12-7-8-3-2-4-8/h8-9H,2-7,11H2,1H3,(H,12,13). The predicted molar refractivity (Wildman–Crippen MR) is 54.8 cm³/mol. The number of amides is 1. The van der Waals surface area contributed by atoms with Crippen molar-refractivity contribution in [2.45, 2.75) is 31.7 Å². The quantitative estimate of drug-likeness (QED) is 0.646. The Kier molecular flexibility index (Phi) is 4.90. The summed E-state index contributed by atoms with van der Waals surface area (Å²) in [4.78, 5) is 11.4. The molecule has 0 aromatic carbocycles. The van der Waals surface area contributed by atoms with Gasteiger partial charge in [0.15, 0.2) is 0 Å². The normalized spacial score (nSPS) is 18.7. The van der Waals surface area contributed by atoms with Crippen molar-refractivity contribution in [2.24, 2.45) is 11.7 Å². The van der Waals surface area contributed by atoms with Gasteiger partial charge in [-0.1, -0.05) is 6.42 Å². The first kappa shape index (κ1) is 11.5. The third kappa shape index (κ3) is 3.64.